The molecule has 0 atom stereocenters. The lowest BCUT2D eigenvalue weighted by molar-refractivity contribution is 0.0890. The van der Waals surface area contributed by atoms with Gasteiger partial charge in [0, 0.05) is 11.4 Å². The Bertz CT molecular complexity index is 331. The van der Waals surface area contributed by atoms with Crippen molar-refractivity contribution in [3.05, 3.63) is 23.7 Å². The summed E-state index contributed by atoms with van der Waals surface area (Å²) in [6.07, 6.45) is 0. The van der Waals surface area contributed by atoms with Gasteiger partial charge in [-0.3, -0.25) is 4.79 Å². The molecule has 0 aliphatic heterocycles. The minimum atomic E-state index is -0.417. The number of hydrogen-bond acceptors (Lipinski definition) is 2. The van der Waals surface area contributed by atoms with Gasteiger partial charge in [0.1, 0.15) is 5.76 Å². The van der Waals surface area contributed by atoms with Crippen LogP contribution in [0.3, 0.4) is 0 Å². The zero-order chi connectivity index (χ0) is 10.8. The topological polar surface area (TPSA) is 42.2 Å². The summed E-state index contributed by atoms with van der Waals surface area (Å²) in [6, 6.07) is 3.40. The Morgan fingerprint density at radius 3 is 2.64 bits per heavy atom. The second-order valence-corrected chi connectivity index (χ2v) is 4.15. The summed E-state index contributed by atoms with van der Waals surface area (Å²) in [7, 11) is 0. The Labute approximate surface area is 88.4 Å². The molecule has 0 radical (unpaired) electrons. The molecule has 1 rings (SSSR count). The summed E-state index contributed by atoms with van der Waals surface area (Å²) < 4.78 is 5.18. The monoisotopic (exact) mass is 215 g/mol. The van der Waals surface area contributed by atoms with E-state index in [0.29, 0.717) is 11.6 Å². The van der Waals surface area contributed by atoms with Crippen molar-refractivity contribution in [3.8, 4) is 0 Å². The van der Waals surface area contributed by atoms with E-state index in [-0.39, 0.29) is 5.91 Å². The molecule has 0 saturated heterocycles. The van der Waals surface area contributed by atoms with Crippen LogP contribution >= 0.6 is 11.6 Å². The minimum absolute atomic E-state index is 0.233. The molecular weight excluding hydrogens is 202 g/mol. The van der Waals surface area contributed by atoms with Crippen molar-refractivity contribution >= 4 is 17.5 Å². The van der Waals surface area contributed by atoms with E-state index in [1.54, 1.807) is 19.1 Å². The summed E-state index contributed by atoms with van der Waals surface area (Å²) in [5.41, 5.74) is -0.417. The fraction of sp³-hybridized carbons (Fsp3) is 0.500. The molecule has 0 aromatic carbocycles. The van der Waals surface area contributed by atoms with E-state index >= 15 is 0 Å². The first kappa shape index (κ1) is 11.1. The lowest BCUT2D eigenvalue weighted by Crippen LogP contribution is -2.44. The first-order valence-corrected chi connectivity index (χ1v) is 4.93. The minimum Gasteiger partial charge on any atom is -0.456 e. The number of alkyl halides is 1. The van der Waals surface area contributed by atoms with Gasteiger partial charge in [-0.05, 0) is 32.9 Å². The Morgan fingerprint density at radius 2 is 2.21 bits per heavy atom. The normalized spacial score (nSPS) is 11.4. The molecule has 0 saturated carbocycles. The molecule has 0 aliphatic rings. The van der Waals surface area contributed by atoms with E-state index in [1.165, 1.54) is 0 Å². The molecule has 14 heavy (non-hydrogen) atoms. The fourth-order valence-electron chi connectivity index (χ4n) is 0.959. The highest BCUT2D eigenvalue weighted by Crippen LogP contribution is 2.10. The van der Waals surface area contributed by atoms with Gasteiger partial charge in [0.05, 0.1) is 0 Å². The molecule has 1 N–H and O–H groups in total. The van der Waals surface area contributed by atoms with Crippen molar-refractivity contribution in [3.63, 3.8) is 0 Å². The number of halogens is 1. The molecule has 0 aliphatic carbocycles. The lowest BCUT2D eigenvalue weighted by Gasteiger charge is -2.22. The van der Waals surface area contributed by atoms with Gasteiger partial charge >= 0.3 is 0 Å². The van der Waals surface area contributed by atoms with Gasteiger partial charge < -0.3 is 9.73 Å². The molecule has 78 valence electrons. The molecule has 1 aromatic heterocycles. The summed E-state index contributed by atoms with van der Waals surface area (Å²) in [5.74, 6) is 1.17. The van der Waals surface area contributed by atoms with E-state index in [4.69, 9.17) is 16.0 Å². The SMILES string of the molecule is Cc1ccc(C(=O)NC(C)(C)CCl)o1. The molecule has 0 fully saturated rings. The highest BCUT2D eigenvalue weighted by atomic mass is 35.5. The third kappa shape index (κ3) is 2.77. The van der Waals surface area contributed by atoms with Crippen LogP contribution in [0.15, 0.2) is 16.5 Å². The van der Waals surface area contributed by atoms with Gasteiger partial charge in [-0.1, -0.05) is 0 Å². The summed E-state index contributed by atoms with van der Waals surface area (Å²) in [4.78, 5) is 11.6. The lowest BCUT2D eigenvalue weighted by atomic mass is 10.1. The Hall–Kier alpha value is -0.960. The molecule has 0 spiro atoms. The Balaban J connectivity index is 2.68. The number of carbonyl (C=O) groups is 1. The summed E-state index contributed by atoms with van der Waals surface area (Å²) >= 11 is 5.68. The summed E-state index contributed by atoms with van der Waals surface area (Å²) in [5, 5.41) is 2.77. The molecular formula is C10H14ClNO2. The van der Waals surface area contributed by atoms with Crippen molar-refractivity contribution in [2.24, 2.45) is 0 Å². The fourth-order valence-corrected chi connectivity index (χ4v) is 1.03. The number of amides is 1. The second-order valence-electron chi connectivity index (χ2n) is 3.88. The van der Waals surface area contributed by atoms with Crippen LogP contribution in [0.5, 0.6) is 0 Å². The molecule has 0 bridgehead atoms. The number of rotatable bonds is 3. The van der Waals surface area contributed by atoms with Gasteiger partial charge in [-0.15, -0.1) is 11.6 Å². The number of nitrogens with one attached hydrogen (secondary N) is 1. The largest absolute Gasteiger partial charge is 0.456 e. The highest BCUT2D eigenvalue weighted by Gasteiger charge is 2.21. The first-order chi connectivity index (χ1) is 6.44. The van der Waals surface area contributed by atoms with Crippen LogP contribution in [0.2, 0.25) is 0 Å². The third-order valence-corrected chi connectivity index (χ3v) is 2.42. The van der Waals surface area contributed by atoms with Gasteiger partial charge in [-0.2, -0.15) is 0 Å². The van der Waals surface area contributed by atoms with Crippen molar-refractivity contribution in [1.82, 2.24) is 5.32 Å². The number of furan rings is 1. The number of aryl methyl sites for hydroxylation is 1. The van der Waals surface area contributed by atoms with Crippen molar-refractivity contribution in [2.45, 2.75) is 26.3 Å². The molecule has 1 amide bonds. The third-order valence-electron chi connectivity index (χ3n) is 1.75. The van der Waals surface area contributed by atoms with Crippen LogP contribution < -0.4 is 5.32 Å². The van der Waals surface area contributed by atoms with Crippen molar-refractivity contribution in [1.29, 1.82) is 0 Å². The molecule has 1 aromatic rings. The smallest absolute Gasteiger partial charge is 0.287 e. The Morgan fingerprint density at radius 1 is 1.57 bits per heavy atom. The van der Waals surface area contributed by atoms with E-state index in [0.717, 1.165) is 5.76 Å². The maximum Gasteiger partial charge on any atom is 0.287 e. The van der Waals surface area contributed by atoms with Crippen molar-refractivity contribution < 1.29 is 9.21 Å². The van der Waals surface area contributed by atoms with E-state index in [1.807, 2.05) is 13.8 Å². The molecule has 3 nitrogen and oxygen atoms in total. The average Bonchev–Trinajstić information content (AvgIpc) is 2.51. The first-order valence-electron chi connectivity index (χ1n) is 4.39. The molecule has 4 heteroatoms. The Kier molecular flexibility index (Phi) is 3.21. The highest BCUT2D eigenvalue weighted by molar-refractivity contribution is 6.18. The van der Waals surface area contributed by atoms with Gasteiger partial charge in [0.2, 0.25) is 0 Å². The van der Waals surface area contributed by atoms with Crippen LogP contribution in [-0.4, -0.2) is 17.3 Å². The summed E-state index contributed by atoms with van der Waals surface area (Å²) in [6.45, 7) is 5.50. The zero-order valence-corrected chi connectivity index (χ0v) is 9.31. The standard InChI is InChI=1S/C10H14ClNO2/c1-7-4-5-8(14-7)9(13)12-10(2,3)6-11/h4-5H,6H2,1-3H3,(H,12,13). The molecule has 1 heterocycles. The van der Waals surface area contributed by atoms with E-state index < -0.39 is 5.54 Å². The van der Waals surface area contributed by atoms with Crippen LogP contribution in [0.1, 0.15) is 30.2 Å². The van der Waals surface area contributed by atoms with Gasteiger partial charge in [0.15, 0.2) is 5.76 Å². The average molecular weight is 216 g/mol. The molecule has 0 unspecified atom stereocenters. The van der Waals surface area contributed by atoms with Crippen molar-refractivity contribution in [2.75, 3.05) is 5.88 Å². The van der Waals surface area contributed by atoms with E-state index in [2.05, 4.69) is 5.32 Å². The predicted molar refractivity (Wildman–Crippen MR) is 55.7 cm³/mol. The number of carbonyl (C=O) groups excluding carboxylic acids is 1. The van der Waals surface area contributed by atoms with Gasteiger partial charge in [-0.25, -0.2) is 0 Å². The maximum absolute atomic E-state index is 11.6. The zero-order valence-electron chi connectivity index (χ0n) is 8.56. The maximum atomic E-state index is 11.6. The van der Waals surface area contributed by atoms with Crippen LogP contribution in [0, 0.1) is 6.92 Å². The van der Waals surface area contributed by atoms with Gasteiger partial charge in [0.25, 0.3) is 5.91 Å². The quantitative estimate of drug-likeness (QED) is 0.787. The second kappa shape index (κ2) is 4.05. The number of hydrogen-bond donors (Lipinski definition) is 1. The van der Waals surface area contributed by atoms with Crippen LogP contribution in [0.4, 0.5) is 0 Å². The van der Waals surface area contributed by atoms with Crippen LogP contribution in [-0.2, 0) is 0 Å². The van der Waals surface area contributed by atoms with E-state index in [9.17, 15) is 4.79 Å². The van der Waals surface area contributed by atoms with Crippen LogP contribution in [0.25, 0.3) is 0 Å². The predicted octanol–water partition coefficient (Wildman–Crippen LogP) is 2.34.